The molecule has 0 aliphatic carbocycles. The van der Waals surface area contributed by atoms with E-state index in [2.05, 4.69) is 20.6 Å². The van der Waals surface area contributed by atoms with E-state index in [9.17, 15) is 4.79 Å². The number of hydrogen-bond donors (Lipinski definition) is 2. The highest BCUT2D eigenvalue weighted by Gasteiger charge is 2.11. The third-order valence-corrected chi connectivity index (χ3v) is 3.85. The van der Waals surface area contributed by atoms with Crippen molar-refractivity contribution in [3.63, 3.8) is 0 Å². The molecule has 1 heterocycles. The first kappa shape index (κ1) is 19.4. The predicted octanol–water partition coefficient (Wildman–Crippen LogP) is 4.71. The number of anilines is 2. The molecule has 144 valence electrons. The second kappa shape index (κ2) is 8.99. The summed E-state index contributed by atoms with van der Waals surface area (Å²) in [5.74, 6) is 2.80. The minimum Gasteiger partial charge on any atom is -0.457 e. The summed E-state index contributed by atoms with van der Waals surface area (Å²) in [5.41, 5.74) is 1.19. The lowest BCUT2D eigenvalue weighted by Gasteiger charge is -2.11. The van der Waals surface area contributed by atoms with Crippen LogP contribution in [0.2, 0.25) is 0 Å². The second-order valence-corrected chi connectivity index (χ2v) is 6.85. The molecule has 0 saturated heterocycles. The summed E-state index contributed by atoms with van der Waals surface area (Å²) < 4.78 is 5.79. The van der Waals surface area contributed by atoms with Crippen molar-refractivity contribution in [2.75, 3.05) is 11.9 Å². The predicted molar refractivity (Wildman–Crippen MR) is 110 cm³/mol. The Hall–Kier alpha value is -3.41. The van der Waals surface area contributed by atoms with Gasteiger partial charge in [-0.05, 0) is 49.2 Å². The monoisotopic (exact) mass is 376 g/mol. The lowest BCUT2D eigenvalue weighted by Crippen LogP contribution is -2.28. The molecule has 0 aliphatic rings. The summed E-state index contributed by atoms with van der Waals surface area (Å²) >= 11 is 0. The van der Waals surface area contributed by atoms with Crippen molar-refractivity contribution in [1.29, 1.82) is 0 Å². The number of aromatic nitrogens is 2. The van der Waals surface area contributed by atoms with Crippen molar-refractivity contribution in [3.8, 4) is 11.5 Å². The molecule has 0 spiro atoms. The molecule has 3 aromatic rings. The van der Waals surface area contributed by atoms with Gasteiger partial charge in [0.1, 0.15) is 28.8 Å². The van der Waals surface area contributed by atoms with Crippen LogP contribution in [0.5, 0.6) is 11.5 Å². The molecule has 6 nitrogen and oxygen atoms in total. The fourth-order valence-corrected chi connectivity index (χ4v) is 2.51. The van der Waals surface area contributed by atoms with Crippen LogP contribution in [0.1, 0.15) is 30.2 Å². The summed E-state index contributed by atoms with van der Waals surface area (Å²) in [6.45, 7) is 6.46. The number of rotatable bonds is 7. The van der Waals surface area contributed by atoms with E-state index in [4.69, 9.17) is 4.74 Å². The lowest BCUT2D eigenvalue weighted by atomic mass is 10.2. The van der Waals surface area contributed by atoms with Crippen LogP contribution >= 0.6 is 0 Å². The van der Waals surface area contributed by atoms with Crippen LogP contribution in [0.4, 0.5) is 11.5 Å². The van der Waals surface area contributed by atoms with E-state index >= 15 is 0 Å². The van der Waals surface area contributed by atoms with Crippen molar-refractivity contribution < 1.29 is 9.53 Å². The number of aryl methyl sites for hydroxylation is 1. The van der Waals surface area contributed by atoms with Crippen LogP contribution in [-0.4, -0.2) is 22.4 Å². The Kier molecular flexibility index (Phi) is 6.22. The van der Waals surface area contributed by atoms with Crippen molar-refractivity contribution in [2.45, 2.75) is 20.8 Å². The van der Waals surface area contributed by atoms with E-state index in [1.165, 1.54) is 0 Å². The maximum Gasteiger partial charge on any atom is 0.270 e. The molecule has 0 atom stereocenters. The Labute approximate surface area is 165 Å². The summed E-state index contributed by atoms with van der Waals surface area (Å²) in [6, 6.07) is 18.8. The van der Waals surface area contributed by atoms with Crippen molar-refractivity contribution in [2.24, 2.45) is 5.92 Å². The van der Waals surface area contributed by atoms with Gasteiger partial charge in [-0.1, -0.05) is 32.0 Å². The zero-order chi connectivity index (χ0) is 19.9. The number of para-hydroxylation sites is 1. The first-order valence-corrected chi connectivity index (χ1v) is 9.23. The Morgan fingerprint density at radius 1 is 1.00 bits per heavy atom. The molecule has 0 aliphatic heterocycles. The van der Waals surface area contributed by atoms with Gasteiger partial charge in [0.2, 0.25) is 0 Å². The first-order chi connectivity index (χ1) is 13.5. The normalized spacial score (nSPS) is 10.6. The molecule has 6 heteroatoms. The third-order valence-electron chi connectivity index (χ3n) is 3.85. The summed E-state index contributed by atoms with van der Waals surface area (Å²) in [6.07, 6.45) is 0. The van der Waals surface area contributed by atoms with Gasteiger partial charge in [0, 0.05) is 18.3 Å². The smallest absolute Gasteiger partial charge is 0.270 e. The molecular formula is C22H24N4O2. The number of nitrogens with one attached hydrogen (secondary N) is 2. The van der Waals surface area contributed by atoms with Gasteiger partial charge in [-0.2, -0.15) is 0 Å². The molecule has 0 bridgehead atoms. The molecule has 2 aromatic carbocycles. The Morgan fingerprint density at radius 2 is 1.68 bits per heavy atom. The van der Waals surface area contributed by atoms with Crippen LogP contribution in [0, 0.1) is 12.8 Å². The summed E-state index contributed by atoms with van der Waals surface area (Å²) in [4.78, 5) is 20.9. The topological polar surface area (TPSA) is 76.1 Å². The minimum absolute atomic E-state index is 0.200. The zero-order valence-corrected chi connectivity index (χ0v) is 16.3. The molecule has 2 N–H and O–H groups in total. The van der Waals surface area contributed by atoms with E-state index in [1.54, 1.807) is 13.0 Å². The van der Waals surface area contributed by atoms with E-state index in [-0.39, 0.29) is 5.91 Å². The number of ether oxygens (including phenoxy) is 1. The van der Waals surface area contributed by atoms with Crippen LogP contribution in [0.15, 0.2) is 60.7 Å². The molecular weight excluding hydrogens is 352 g/mol. The van der Waals surface area contributed by atoms with Crippen LogP contribution in [-0.2, 0) is 0 Å². The van der Waals surface area contributed by atoms with Crippen LogP contribution in [0.3, 0.4) is 0 Å². The molecule has 0 fully saturated rings. The van der Waals surface area contributed by atoms with Crippen molar-refractivity contribution in [1.82, 2.24) is 15.3 Å². The lowest BCUT2D eigenvalue weighted by molar-refractivity contribution is 0.0943. The highest BCUT2D eigenvalue weighted by Crippen LogP contribution is 2.24. The van der Waals surface area contributed by atoms with Gasteiger partial charge in [-0.3, -0.25) is 4.79 Å². The Morgan fingerprint density at radius 3 is 2.36 bits per heavy atom. The number of amides is 1. The molecule has 0 unspecified atom stereocenters. The number of carbonyl (C=O) groups is 1. The molecule has 1 aromatic heterocycles. The highest BCUT2D eigenvalue weighted by molar-refractivity contribution is 5.93. The van der Waals surface area contributed by atoms with Crippen molar-refractivity contribution >= 4 is 17.4 Å². The van der Waals surface area contributed by atoms with Crippen LogP contribution in [0.25, 0.3) is 0 Å². The largest absolute Gasteiger partial charge is 0.457 e. The van der Waals surface area contributed by atoms with Crippen molar-refractivity contribution in [3.05, 3.63) is 72.2 Å². The molecule has 1 amide bonds. The molecule has 0 saturated carbocycles. The average Bonchev–Trinajstić information content (AvgIpc) is 2.68. The van der Waals surface area contributed by atoms with E-state index < -0.39 is 0 Å². The average molecular weight is 376 g/mol. The number of benzene rings is 2. The maximum atomic E-state index is 12.3. The Balaban J connectivity index is 1.68. The summed E-state index contributed by atoms with van der Waals surface area (Å²) in [7, 11) is 0. The van der Waals surface area contributed by atoms with Gasteiger partial charge in [0.25, 0.3) is 5.91 Å². The SMILES string of the molecule is Cc1nc(Nc2ccc(Oc3ccccc3)cc2)cc(C(=O)NCC(C)C)n1. The van der Waals surface area contributed by atoms with E-state index in [0.29, 0.717) is 29.8 Å². The third kappa shape index (κ3) is 5.54. The quantitative estimate of drug-likeness (QED) is 0.625. The van der Waals surface area contributed by atoms with E-state index in [0.717, 1.165) is 17.2 Å². The van der Waals surface area contributed by atoms with Crippen LogP contribution < -0.4 is 15.4 Å². The van der Waals surface area contributed by atoms with Gasteiger partial charge in [0.05, 0.1) is 0 Å². The standard InChI is InChI=1S/C22H24N4O2/c1-15(2)14-23-22(27)20-13-21(25-16(3)24-20)26-17-9-11-19(12-10-17)28-18-7-5-4-6-8-18/h4-13,15H,14H2,1-3H3,(H,23,27)(H,24,25,26). The number of nitrogens with zero attached hydrogens (tertiary/aromatic N) is 2. The molecule has 0 radical (unpaired) electrons. The zero-order valence-electron chi connectivity index (χ0n) is 16.3. The number of hydrogen-bond acceptors (Lipinski definition) is 5. The van der Waals surface area contributed by atoms with Gasteiger partial charge in [-0.25, -0.2) is 9.97 Å². The highest BCUT2D eigenvalue weighted by atomic mass is 16.5. The van der Waals surface area contributed by atoms with Gasteiger partial charge < -0.3 is 15.4 Å². The summed E-state index contributed by atoms with van der Waals surface area (Å²) in [5, 5.41) is 6.08. The van der Waals surface area contributed by atoms with E-state index in [1.807, 2.05) is 68.4 Å². The molecule has 28 heavy (non-hydrogen) atoms. The fourth-order valence-electron chi connectivity index (χ4n) is 2.51. The number of carbonyl (C=O) groups excluding carboxylic acids is 1. The van der Waals surface area contributed by atoms with Gasteiger partial charge in [0.15, 0.2) is 0 Å². The maximum absolute atomic E-state index is 12.3. The second-order valence-electron chi connectivity index (χ2n) is 6.85. The fraction of sp³-hybridized carbons (Fsp3) is 0.227. The van der Waals surface area contributed by atoms with Gasteiger partial charge in [-0.15, -0.1) is 0 Å². The van der Waals surface area contributed by atoms with Gasteiger partial charge >= 0.3 is 0 Å². The Bertz CT molecular complexity index is 925. The minimum atomic E-state index is -0.200. The first-order valence-electron chi connectivity index (χ1n) is 9.23. The molecule has 3 rings (SSSR count).